The Hall–Kier alpha value is -0.540. The highest BCUT2D eigenvalue weighted by atomic mass is 79.9. The minimum atomic E-state index is -0.0766. The van der Waals surface area contributed by atoms with Crippen LogP contribution in [0.2, 0.25) is 0 Å². The Kier molecular flexibility index (Phi) is 2.91. The predicted octanol–water partition coefficient (Wildman–Crippen LogP) is 3.41. The van der Waals surface area contributed by atoms with Gasteiger partial charge >= 0.3 is 0 Å². The van der Waals surface area contributed by atoms with Crippen LogP contribution in [-0.4, -0.2) is 17.3 Å². The lowest BCUT2D eigenvalue weighted by molar-refractivity contribution is 0.159. The first kappa shape index (κ1) is 11.5. The van der Waals surface area contributed by atoms with E-state index in [0.717, 1.165) is 22.5 Å². The van der Waals surface area contributed by atoms with Gasteiger partial charge in [0.2, 0.25) is 0 Å². The molecule has 2 fully saturated rings. The lowest BCUT2D eigenvalue weighted by Crippen LogP contribution is -2.47. The van der Waals surface area contributed by atoms with Gasteiger partial charge in [0, 0.05) is 10.2 Å². The number of para-hydroxylation sites is 1. The van der Waals surface area contributed by atoms with Crippen LogP contribution in [0.3, 0.4) is 0 Å². The Morgan fingerprint density at radius 3 is 2.76 bits per heavy atom. The van der Waals surface area contributed by atoms with Crippen LogP contribution in [-0.2, 0) is 0 Å². The third-order valence-corrected chi connectivity index (χ3v) is 5.21. The summed E-state index contributed by atoms with van der Waals surface area (Å²) in [4.78, 5) is 0. The minimum Gasteiger partial charge on any atom is -0.394 e. The van der Waals surface area contributed by atoms with Crippen molar-refractivity contribution in [1.82, 2.24) is 0 Å². The van der Waals surface area contributed by atoms with Crippen molar-refractivity contribution < 1.29 is 5.11 Å². The van der Waals surface area contributed by atoms with Crippen molar-refractivity contribution in [3.63, 3.8) is 0 Å². The number of hydrogen-bond acceptors (Lipinski definition) is 2. The van der Waals surface area contributed by atoms with Crippen LogP contribution in [0.5, 0.6) is 0 Å². The van der Waals surface area contributed by atoms with Gasteiger partial charge in [0.1, 0.15) is 0 Å². The van der Waals surface area contributed by atoms with Crippen molar-refractivity contribution >= 4 is 21.6 Å². The van der Waals surface area contributed by atoms with Crippen molar-refractivity contribution in [2.45, 2.75) is 31.2 Å². The lowest BCUT2D eigenvalue weighted by Gasteiger charge is -2.38. The van der Waals surface area contributed by atoms with Gasteiger partial charge < -0.3 is 10.4 Å². The molecule has 2 bridgehead atoms. The van der Waals surface area contributed by atoms with Gasteiger partial charge in [-0.15, -0.1) is 0 Å². The molecule has 0 heterocycles. The maximum atomic E-state index is 9.81. The van der Waals surface area contributed by atoms with E-state index in [2.05, 4.69) is 27.3 Å². The van der Waals surface area contributed by atoms with Crippen LogP contribution in [0.4, 0.5) is 5.69 Å². The zero-order valence-electron chi connectivity index (χ0n) is 9.82. The molecule has 3 heteroatoms. The fourth-order valence-corrected chi connectivity index (χ4v) is 4.04. The van der Waals surface area contributed by atoms with Crippen LogP contribution in [0.15, 0.2) is 28.7 Å². The highest BCUT2D eigenvalue weighted by Crippen LogP contribution is 2.52. The van der Waals surface area contributed by atoms with Gasteiger partial charge in [-0.3, -0.25) is 0 Å². The van der Waals surface area contributed by atoms with E-state index < -0.39 is 0 Å². The lowest BCUT2D eigenvalue weighted by atomic mass is 9.81. The molecule has 0 aromatic heterocycles. The summed E-state index contributed by atoms with van der Waals surface area (Å²) in [5, 5.41) is 13.4. The number of hydrogen-bond donors (Lipinski definition) is 2. The third kappa shape index (κ3) is 1.89. The summed E-state index contributed by atoms with van der Waals surface area (Å²) in [5.74, 6) is 1.46. The fraction of sp³-hybridized carbons (Fsp3) is 0.571. The number of benzene rings is 1. The van der Waals surface area contributed by atoms with Crippen molar-refractivity contribution in [1.29, 1.82) is 0 Å². The average Bonchev–Trinajstić information content (AvgIpc) is 2.93. The largest absolute Gasteiger partial charge is 0.394 e. The molecule has 17 heavy (non-hydrogen) atoms. The summed E-state index contributed by atoms with van der Waals surface area (Å²) in [5.41, 5.74) is 1.03. The summed E-state index contributed by atoms with van der Waals surface area (Å²) < 4.78 is 1.08. The molecular formula is C14H18BrNO. The molecule has 2 N–H and O–H groups in total. The smallest absolute Gasteiger partial charge is 0.0664 e. The van der Waals surface area contributed by atoms with E-state index in [4.69, 9.17) is 0 Å². The van der Waals surface area contributed by atoms with Crippen LogP contribution in [0.25, 0.3) is 0 Å². The first-order valence-corrected chi connectivity index (χ1v) is 7.16. The second-order valence-electron chi connectivity index (χ2n) is 5.50. The van der Waals surface area contributed by atoms with Crippen molar-refractivity contribution in [2.75, 3.05) is 11.9 Å². The number of anilines is 1. The van der Waals surface area contributed by atoms with Gasteiger partial charge in [0.05, 0.1) is 12.1 Å². The molecule has 1 aromatic carbocycles. The minimum absolute atomic E-state index is 0.0766. The van der Waals surface area contributed by atoms with Gasteiger partial charge in [-0.2, -0.15) is 0 Å². The van der Waals surface area contributed by atoms with E-state index in [0.29, 0.717) is 5.92 Å². The average molecular weight is 296 g/mol. The van der Waals surface area contributed by atoms with Crippen molar-refractivity contribution in [3.05, 3.63) is 28.7 Å². The standard InChI is InChI=1S/C14H18BrNO/c15-12-3-1-2-4-13(12)16-14(9-17)8-10-5-6-11(14)7-10/h1-4,10-11,16-17H,5-9H2. The first-order valence-electron chi connectivity index (χ1n) is 6.37. The topological polar surface area (TPSA) is 32.3 Å². The van der Waals surface area contributed by atoms with Crippen LogP contribution >= 0.6 is 15.9 Å². The Balaban J connectivity index is 1.86. The molecule has 0 spiro atoms. The summed E-state index contributed by atoms with van der Waals surface area (Å²) >= 11 is 3.57. The van der Waals surface area contributed by atoms with Crippen molar-refractivity contribution in [3.8, 4) is 0 Å². The molecule has 0 amide bonds. The Bertz CT molecular complexity index is 422. The van der Waals surface area contributed by atoms with E-state index in [1.165, 1.54) is 19.3 Å². The van der Waals surface area contributed by atoms with Gasteiger partial charge in [0.15, 0.2) is 0 Å². The van der Waals surface area contributed by atoms with E-state index in [1.54, 1.807) is 0 Å². The quantitative estimate of drug-likeness (QED) is 0.896. The van der Waals surface area contributed by atoms with Crippen LogP contribution in [0, 0.1) is 11.8 Å². The van der Waals surface area contributed by atoms with E-state index in [-0.39, 0.29) is 12.1 Å². The summed E-state index contributed by atoms with van der Waals surface area (Å²) in [6.07, 6.45) is 5.03. The number of halogens is 1. The SMILES string of the molecule is OCC1(Nc2ccccc2Br)CC2CCC1C2. The highest BCUT2D eigenvalue weighted by molar-refractivity contribution is 9.10. The van der Waals surface area contributed by atoms with E-state index in [1.807, 2.05) is 18.2 Å². The normalized spacial score (nSPS) is 35.2. The first-order chi connectivity index (χ1) is 8.23. The molecule has 3 atom stereocenters. The van der Waals surface area contributed by atoms with E-state index >= 15 is 0 Å². The number of fused-ring (bicyclic) bond motifs is 2. The number of aliphatic hydroxyl groups excluding tert-OH is 1. The number of nitrogens with one attached hydrogen (secondary N) is 1. The molecule has 0 saturated heterocycles. The maximum Gasteiger partial charge on any atom is 0.0664 e. The molecule has 3 rings (SSSR count). The number of aliphatic hydroxyl groups is 1. The maximum absolute atomic E-state index is 9.81. The molecule has 2 saturated carbocycles. The molecular weight excluding hydrogens is 278 g/mol. The van der Waals surface area contributed by atoms with Gasteiger partial charge in [-0.1, -0.05) is 12.1 Å². The monoisotopic (exact) mass is 295 g/mol. The molecule has 3 unspecified atom stereocenters. The Labute approximate surface area is 111 Å². The molecule has 0 radical (unpaired) electrons. The third-order valence-electron chi connectivity index (χ3n) is 4.52. The van der Waals surface area contributed by atoms with E-state index in [9.17, 15) is 5.11 Å². The predicted molar refractivity (Wildman–Crippen MR) is 73.0 cm³/mol. The zero-order valence-corrected chi connectivity index (χ0v) is 11.4. The van der Waals surface area contributed by atoms with Crippen LogP contribution < -0.4 is 5.32 Å². The second-order valence-corrected chi connectivity index (χ2v) is 6.35. The summed E-state index contributed by atoms with van der Waals surface area (Å²) in [7, 11) is 0. The van der Waals surface area contributed by atoms with Crippen molar-refractivity contribution in [2.24, 2.45) is 11.8 Å². The number of rotatable bonds is 3. The fourth-order valence-electron chi connectivity index (χ4n) is 3.66. The van der Waals surface area contributed by atoms with Crippen LogP contribution in [0.1, 0.15) is 25.7 Å². The Morgan fingerprint density at radius 2 is 2.18 bits per heavy atom. The Morgan fingerprint density at radius 1 is 1.35 bits per heavy atom. The molecule has 1 aromatic rings. The van der Waals surface area contributed by atoms with Gasteiger partial charge in [-0.25, -0.2) is 0 Å². The molecule has 2 aliphatic rings. The molecule has 0 aliphatic heterocycles. The van der Waals surface area contributed by atoms with Gasteiger partial charge in [-0.05, 0) is 65.6 Å². The molecule has 92 valence electrons. The summed E-state index contributed by atoms with van der Waals surface area (Å²) in [6.45, 7) is 0.246. The van der Waals surface area contributed by atoms with Gasteiger partial charge in [0.25, 0.3) is 0 Å². The summed E-state index contributed by atoms with van der Waals surface area (Å²) in [6, 6.07) is 8.17. The zero-order chi connectivity index (χ0) is 11.9. The molecule has 2 aliphatic carbocycles. The second kappa shape index (κ2) is 4.29. The highest BCUT2D eigenvalue weighted by Gasteiger charge is 2.50. The molecule has 2 nitrogen and oxygen atoms in total.